The van der Waals surface area contributed by atoms with Crippen LogP contribution in [0.25, 0.3) is 0 Å². The van der Waals surface area contributed by atoms with Gasteiger partial charge in [0.25, 0.3) is 0 Å². The van der Waals surface area contributed by atoms with E-state index in [0.717, 1.165) is 35.9 Å². The van der Waals surface area contributed by atoms with Crippen molar-refractivity contribution in [2.75, 3.05) is 5.73 Å². The number of oxazole rings is 1. The van der Waals surface area contributed by atoms with Crippen LogP contribution in [-0.4, -0.2) is 4.98 Å². The van der Waals surface area contributed by atoms with Crippen molar-refractivity contribution in [3.8, 4) is 0 Å². The third-order valence-corrected chi connectivity index (χ3v) is 2.68. The first-order valence-electron chi connectivity index (χ1n) is 5.42. The van der Waals surface area contributed by atoms with E-state index < -0.39 is 0 Å². The second-order valence-corrected chi connectivity index (χ2v) is 3.99. The van der Waals surface area contributed by atoms with Crippen LogP contribution in [0, 0.1) is 13.8 Å². The average molecular weight is 216 g/mol. The first-order valence-corrected chi connectivity index (χ1v) is 5.42. The topological polar surface area (TPSA) is 52.0 Å². The fourth-order valence-corrected chi connectivity index (χ4v) is 1.58. The molecule has 0 atom stereocenters. The van der Waals surface area contributed by atoms with Crippen molar-refractivity contribution >= 4 is 5.69 Å². The van der Waals surface area contributed by atoms with Crippen molar-refractivity contribution in [3.05, 3.63) is 47.2 Å². The molecule has 16 heavy (non-hydrogen) atoms. The highest BCUT2D eigenvalue weighted by molar-refractivity contribution is 5.39. The molecular formula is C13H16N2O. The molecular weight excluding hydrogens is 200 g/mol. The summed E-state index contributed by atoms with van der Waals surface area (Å²) in [5.41, 5.74) is 8.66. The molecule has 0 saturated carbocycles. The summed E-state index contributed by atoms with van der Waals surface area (Å²) >= 11 is 0. The summed E-state index contributed by atoms with van der Waals surface area (Å²) in [6, 6.07) is 7.92. The number of nitrogens with two attached hydrogens (primary N) is 1. The summed E-state index contributed by atoms with van der Waals surface area (Å²) in [6.07, 6.45) is 1.76. The van der Waals surface area contributed by atoms with E-state index in [1.165, 1.54) is 5.56 Å². The van der Waals surface area contributed by atoms with Crippen LogP contribution in [0.5, 0.6) is 0 Å². The Balaban J connectivity index is 1.99. The Morgan fingerprint density at radius 3 is 2.38 bits per heavy atom. The van der Waals surface area contributed by atoms with Gasteiger partial charge in [-0.15, -0.1) is 0 Å². The van der Waals surface area contributed by atoms with Gasteiger partial charge in [-0.1, -0.05) is 12.1 Å². The molecule has 0 amide bonds. The first kappa shape index (κ1) is 10.7. The SMILES string of the molecule is Cc1nc(CCc2ccc(N)cc2)oc1C. The molecule has 0 fully saturated rings. The monoisotopic (exact) mass is 216 g/mol. The summed E-state index contributed by atoms with van der Waals surface area (Å²) < 4.78 is 5.52. The summed E-state index contributed by atoms with van der Waals surface area (Å²) in [6.45, 7) is 3.90. The molecule has 3 heteroatoms. The molecule has 0 radical (unpaired) electrons. The van der Waals surface area contributed by atoms with Crippen molar-refractivity contribution in [1.82, 2.24) is 4.98 Å². The number of benzene rings is 1. The molecule has 2 rings (SSSR count). The number of aromatic nitrogens is 1. The molecule has 2 N–H and O–H groups in total. The molecule has 0 unspecified atom stereocenters. The lowest BCUT2D eigenvalue weighted by molar-refractivity contribution is 0.470. The van der Waals surface area contributed by atoms with Crippen LogP contribution in [0.1, 0.15) is 22.9 Å². The normalized spacial score (nSPS) is 10.6. The Labute approximate surface area is 95.3 Å². The summed E-state index contributed by atoms with van der Waals surface area (Å²) in [4.78, 5) is 4.35. The fourth-order valence-electron chi connectivity index (χ4n) is 1.58. The number of hydrogen-bond donors (Lipinski definition) is 1. The van der Waals surface area contributed by atoms with Crippen LogP contribution in [-0.2, 0) is 12.8 Å². The number of anilines is 1. The Hall–Kier alpha value is -1.77. The number of hydrogen-bond acceptors (Lipinski definition) is 3. The van der Waals surface area contributed by atoms with E-state index in [4.69, 9.17) is 10.2 Å². The Morgan fingerprint density at radius 2 is 1.81 bits per heavy atom. The summed E-state index contributed by atoms with van der Waals surface area (Å²) in [5.74, 6) is 1.72. The number of rotatable bonds is 3. The zero-order valence-electron chi connectivity index (χ0n) is 9.66. The van der Waals surface area contributed by atoms with Gasteiger partial charge in [-0.2, -0.15) is 0 Å². The van der Waals surface area contributed by atoms with Crippen molar-refractivity contribution < 1.29 is 4.42 Å². The Bertz CT molecular complexity index is 452. The van der Waals surface area contributed by atoms with E-state index in [1.54, 1.807) is 0 Å². The van der Waals surface area contributed by atoms with Crippen LogP contribution < -0.4 is 5.73 Å². The van der Waals surface area contributed by atoms with Gasteiger partial charge in [0.2, 0.25) is 0 Å². The maximum absolute atomic E-state index is 5.63. The number of nitrogen functional groups attached to an aromatic ring is 1. The second kappa shape index (κ2) is 4.39. The minimum Gasteiger partial charge on any atom is -0.446 e. The van der Waals surface area contributed by atoms with E-state index in [2.05, 4.69) is 4.98 Å². The fraction of sp³-hybridized carbons (Fsp3) is 0.308. The molecule has 0 saturated heterocycles. The Kier molecular flexibility index (Phi) is 2.95. The van der Waals surface area contributed by atoms with Crippen molar-refractivity contribution in [1.29, 1.82) is 0 Å². The molecule has 1 aromatic heterocycles. The lowest BCUT2D eigenvalue weighted by Gasteiger charge is -1.99. The van der Waals surface area contributed by atoms with E-state index >= 15 is 0 Å². The van der Waals surface area contributed by atoms with E-state index in [1.807, 2.05) is 38.1 Å². The highest BCUT2D eigenvalue weighted by atomic mass is 16.4. The van der Waals surface area contributed by atoms with Crippen LogP contribution in [0.15, 0.2) is 28.7 Å². The zero-order valence-corrected chi connectivity index (χ0v) is 9.66. The van der Waals surface area contributed by atoms with Gasteiger partial charge in [0.05, 0.1) is 5.69 Å². The first-order chi connectivity index (χ1) is 7.65. The van der Waals surface area contributed by atoms with Gasteiger partial charge < -0.3 is 10.2 Å². The van der Waals surface area contributed by atoms with Gasteiger partial charge in [0.1, 0.15) is 5.76 Å². The maximum Gasteiger partial charge on any atom is 0.194 e. The quantitative estimate of drug-likeness (QED) is 0.802. The summed E-state index contributed by atoms with van der Waals surface area (Å²) in [7, 11) is 0. The number of nitrogens with zero attached hydrogens (tertiary/aromatic N) is 1. The largest absolute Gasteiger partial charge is 0.446 e. The van der Waals surface area contributed by atoms with Gasteiger partial charge in [0.15, 0.2) is 5.89 Å². The highest BCUT2D eigenvalue weighted by Crippen LogP contribution is 2.12. The third kappa shape index (κ3) is 2.42. The molecule has 1 heterocycles. The molecule has 0 spiro atoms. The van der Waals surface area contributed by atoms with Crippen molar-refractivity contribution in [3.63, 3.8) is 0 Å². The molecule has 3 nitrogen and oxygen atoms in total. The van der Waals surface area contributed by atoms with Gasteiger partial charge in [-0.05, 0) is 38.0 Å². The molecule has 2 aromatic rings. The molecule has 0 bridgehead atoms. The molecule has 1 aromatic carbocycles. The molecule has 0 aliphatic rings. The Morgan fingerprint density at radius 1 is 1.12 bits per heavy atom. The number of aryl methyl sites for hydroxylation is 4. The standard InChI is InChI=1S/C13H16N2O/c1-9-10(2)16-13(15-9)8-5-11-3-6-12(14)7-4-11/h3-4,6-7H,5,8,14H2,1-2H3. The molecule has 0 aliphatic carbocycles. The van der Waals surface area contributed by atoms with Crippen LogP contribution in [0.4, 0.5) is 5.69 Å². The van der Waals surface area contributed by atoms with Crippen LogP contribution in [0.3, 0.4) is 0 Å². The van der Waals surface area contributed by atoms with Crippen molar-refractivity contribution in [2.24, 2.45) is 0 Å². The van der Waals surface area contributed by atoms with Gasteiger partial charge in [-0.3, -0.25) is 0 Å². The second-order valence-electron chi connectivity index (χ2n) is 3.99. The van der Waals surface area contributed by atoms with Crippen LogP contribution in [0.2, 0.25) is 0 Å². The van der Waals surface area contributed by atoms with E-state index in [-0.39, 0.29) is 0 Å². The maximum atomic E-state index is 5.63. The predicted octanol–water partition coefficient (Wildman–Crippen LogP) is 2.66. The predicted molar refractivity (Wildman–Crippen MR) is 64.2 cm³/mol. The highest BCUT2D eigenvalue weighted by Gasteiger charge is 2.05. The smallest absolute Gasteiger partial charge is 0.194 e. The van der Waals surface area contributed by atoms with E-state index in [9.17, 15) is 0 Å². The molecule has 84 valence electrons. The van der Waals surface area contributed by atoms with Gasteiger partial charge >= 0.3 is 0 Å². The average Bonchev–Trinajstić information content (AvgIpc) is 2.58. The summed E-state index contributed by atoms with van der Waals surface area (Å²) in [5, 5.41) is 0. The van der Waals surface area contributed by atoms with Gasteiger partial charge in [0, 0.05) is 12.1 Å². The third-order valence-electron chi connectivity index (χ3n) is 2.68. The minimum atomic E-state index is 0.798. The lowest BCUT2D eigenvalue weighted by Crippen LogP contribution is -1.92. The zero-order chi connectivity index (χ0) is 11.5. The van der Waals surface area contributed by atoms with E-state index in [0.29, 0.717) is 0 Å². The van der Waals surface area contributed by atoms with Crippen LogP contribution >= 0.6 is 0 Å². The van der Waals surface area contributed by atoms with Crippen molar-refractivity contribution in [2.45, 2.75) is 26.7 Å². The lowest BCUT2D eigenvalue weighted by atomic mass is 10.1. The minimum absolute atomic E-state index is 0.798. The molecule has 0 aliphatic heterocycles. The van der Waals surface area contributed by atoms with Gasteiger partial charge in [-0.25, -0.2) is 4.98 Å².